The Balaban J connectivity index is 1.73. The van der Waals surface area contributed by atoms with E-state index in [0.717, 1.165) is 18.0 Å². The zero-order valence-electron chi connectivity index (χ0n) is 12.9. The van der Waals surface area contributed by atoms with E-state index in [0.29, 0.717) is 12.6 Å². The summed E-state index contributed by atoms with van der Waals surface area (Å²) in [5.41, 5.74) is 5.97. The average Bonchev–Trinajstić information content (AvgIpc) is 3.18. The summed E-state index contributed by atoms with van der Waals surface area (Å²) in [7, 11) is 0. The molecule has 3 heteroatoms. The second-order valence-corrected chi connectivity index (χ2v) is 6.83. The lowest BCUT2D eigenvalue weighted by molar-refractivity contribution is -0.00340. The molecule has 1 saturated carbocycles. The van der Waals surface area contributed by atoms with Crippen molar-refractivity contribution in [1.29, 1.82) is 0 Å². The highest BCUT2D eigenvalue weighted by molar-refractivity contribution is 5.23. The Bertz CT molecular complexity index is 444. The van der Waals surface area contributed by atoms with Gasteiger partial charge < -0.3 is 10.8 Å². The van der Waals surface area contributed by atoms with Crippen LogP contribution in [-0.4, -0.2) is 35.7 Å². The standard InChI is InChI=1S/C18H28N2O/c19-13-18(21,16-9-2-1-3-10-16)14-20-12-6-11-17(20)15-7-4-5-8-15/h1-3,9-10,15,17,21H,4-8,11-14,19H2. The van der Waals surface area contributed by atoms with Crippen molar-refractivity contribution < 1.29 is 5.11 Å². The number of β-amino-alcohol motifs (C(OH)–C–C–N with tert-alkyl or cyclic N) is 1. The van der Waals surface area contributed by atoms with E-state index in [4.69, 9.17) is 5.73 Å². The zero-order chi connectivity index (χ0) is 14.7. The molecule has 0 bridgehead atoms. The first-order chi connectivity index (χ1) is 10.2. The third-order valence-corrected chi connectivity index (χ3v) is 5.47. The fourth-order valence-corrected chi connectivity index (χ4v) is 4.28. The molecule has 3 rings (SSSR count). The van der Waals surface area contributed by atoms with Crippen LogP contribution in [0.25, 0.3) is 0 Å². The number of rotatable bonds is 5. The van der Waals surface area contributed by atoms with E-state index in [1.165, 1.54) is 38.5 Å². The third-order valence-electron chi connectivity index (χ3n) is 5.47. The van der Waals surface area contributed by atoms with E-state index in [-0.39, 0.29) is 6.54 Å². The second-order valence-electron chi connectivity index (χ2n) is 6.83. The molecule has 21 heavy (non-hydrogen) atoms. The van der Waals surface area contributed by atoms with Crippen LogP contribution in [0.1, 0.15) is 44.1 Å². The first-order valence-corrected chi connectivity index (χ1v) is 8.45. The quantitative estimate of drug-likeness (QED) is 0.875. The third kappa shape index (κ3) is 3.15. The van der Waals surface area contributed by atoms with E-state index in [1.54, 1.807) is 0 Å². The molecule has 2 unspecified atom stereocenters. The van der Waals surface area contributed by atoms with E-state index in [9.17, 15) is 5.11 Å². The van der Waals surface area contributed by atoms with Crippen LogP contribution in [0.15, 0.2) is 30.3 Å². The predicted molar refractivity (Wildman–Crippen MR) is 85.9 cm³/mol. The van der Waals surface area contributed by atoms with E-state index in [1.807, 2.05) is 30.3 Å². The molecule has 1 aliphatic carbocycles. The molecule has 0 spiro atoms. The molecule has 116 valence electrons. The van der Waals surface area contributed by atoms with Crippen LogP contribution in [0.5, 0.6) is 0 Å². The maximum absolute atomic E-state index is 11.0. The van der Waals surface area contributed by atoms with E-state index >= 15 is 0 Å². The Morgan fingerprint density at radius 3 is 2.48 bits per heavy atom. The lowest BCUT2D eigenvalue weighted by Gasteiger charge is -2.37. The molecule has 1 saturated heterocycles. The molecule has 2 atom stereocenters. The summed E-state index contributed by atoms with van der Waals surface area (Å²) in [6.07, 6.45) is 8.06. The molecule has 3 nitrogen and oxygen atoms in total. The molecular formula is C18H28N2O. The van der Waals surface area contributed by atoms with Gasteiger partial charge in [0, 0.05) is 19.1 Å². The van der Waals surface area contributed by atoms with E-state index < -0.39 is 5.60 Å². The molecule has 2 aliphatic rings. The highest BCUT2D eigenvalue weighted by Crippen LogP contribution is 2.36. The van der Waals surface area contributed by atoms with Gasteiger partial charge in [0.2, 0.25) is 0 Å². The van der Waals surface area contributed by atoms with Crippen LogP contribution in [0.4, 0.5) is 0 Å². The summed E-state index contributed by atoms with van der Waals surface area (Å²) in [4.78, 5) is 2.51. The van der Waals surface area contributed by atoms with Gasteiger partial charge >= 0.3 is 0 Å². The number of aliphatic hydroxyl groups is 1. The Labute approximate surface area is 128 Å². The Hall–Kier alpha value is -0.900. The van der Waals surface area contributed by atoms with Gasteiger partial charge in [-0.3, -0.25) is 4.90 Å². The van der Waals surface area contributed by atoms with Crippen LogP contribution in [-0.2, 0) is 5.60 Å². The summed E-state index contributed by atoms with van der Waals surface area (Å²) < 4.78 is 0. The lowest BCUT2D eigenvalue weighted by Crippen LogP contribution is -2.48. The number of hydrogen-bond acceptors (Lipinski definition) is 3. The molecule has 3 N–H and O–H groups in total. The molecule has 1 aromatic rings. The number of hydrogen-bond donors (Lipinski definition) is 2. The summed E-state index contributed by atoms with van der Waals surface area (Å²) >= 11 is 0. The van der Waals surface area contributed by atoms with Crippen molar-refractivity contribution in [2.24, 2.45) is 11.7 Å². The number of likely N-dealkylation sites (tertiary alicyclic amines) is 1. The Morgan fingerprint density at radius 1 is 1.10 bits per heavy atom. The van der Waals surface area contributed by atoms with Gasteiger partial charge in [-0.1, -0.05) is 43.2 Å². The summed E-state index contributed by atoms with van der Waals surface area (Å²) in [6.45, 7) is 2.07. The van der Waals surface area contributed by atoms with Gasteiger partial charge in [0.15, 0.2) is 0 Å². The molecule has 0 radical (unpaired) electrons. The minimum absolute atomic E-state index is 0.283. The highest BCUT2D eigenvalue weighted by atomic mass is 16.3. The molecular weight excluding hydrogens is 260 g/mol. The van der Waals surface area contributed by atoms with Crippen molar-refractivity contribution in [2.45, 2.75) is 50.2 Å². The van der Waals surface area contributed by atoms with Crippen molar-refractivity contribution in [3.63, 3.8) is 0 Å². The van der Waals surface area contributed by atoms with Gasteiger partial charge in [0.05, 0.1) is 0 Å². The highest BCUT2D eigenvalue weighted by Gasteiger charge is 2.38. The normalized spacial score (nSPS) is 27.0. The van der Waals surface area contributed by atoms with Gasteiger partial charge in [-0.2, -0.15) is 0 Å². The maximum Gasteiger partial charge on any atom is 0.114 e. The molecule has 1 aromatic carbocycles. The molecule has 1 aliphatic heterocycles. The fourth-order valence-electron chi connectivity index (χ4n) is 4.28. The van der Waals surface area contributed by atoms with Crippen LogP contribution in [0.2, 0.25) is 0 Å². The van der Waals surface area contributed by atoms with Crippen molar-refractivity contribution in [3.05, 3.63) is 35.9 Å². The van der Waals surface area contributed by atoms with Gasteiger partial charge in [0.1, 0.15) is 5.60 Å². The number of nitrogens with two attached hydrogens (primary N) is 1. The maximum atomic E-state index is 11.0. The van der Waals surface area contributed by atoms with Crippen LogP contribution >= 0.6 is 0 Å². The van der Waals surface area contributed by atoms with Crippen LogP contribution in [0, 0.1) is 5.92 Å². The minimum atomic E-state index is -0.914. The smallest absolute Gasteiger partial charge is 0.114 e. The minimum Gasteiger partial charge on any atom is -0.382 e. The average molecular weight is 288 g/mol. The predicted octanol–water partition coefficient (Wildman–Crippen LogP) is 2.49. The number of nitrogens with zero attached hydrogens (tertiary/aromatic N) is 1. The molecule has 1 heterocycles. The second kappa shape index (κ2) is 6.47. The summed E-state index contributed by atoms with van der Waals surface area (Å²) in [6, 6.07) is 10.6. The Kier molecular flexibility index (Phi) is 4.63. The monoisotopic (exact) mass is 288 g/mol. The SMILES string of the molecule is NCC(O)(CN1CCCC1C1CCCC1)c1ccccc1. The van der Waals surface area contributed by atoms with Crippen molar-refractivity contribution in [2.75, 3.05) is 19.6 Å². The van der Waals surface area contributed by atoms with Crippen molar-refractivity contribution in [1.82, 2.24) is 4.90 Å². The first-order valence-electron chi connectivity index (χ1n) is 8.45. The van der Waals surface area contributed by atoms with Gasteiger partial charge in [0.25, 0.3) is 0 Å². The van der Waals surface area contributed by atoms with Gasteiger partial charge in [-0.05, 0) is 43.7 Å². The molecule has 0 amide bonds. The van der Waals surface area contributed by atoms with E-state index in [2.05, 4.69) is 4.90 Å². The topological polar surface area (TPSA) is 49.5 Å². The fraction of sp³-hybridized carbons (Fsp3) is 0.667. The Morgan fingerprint density at radius 2 is 1.81 bits per heavy atom. The number of benzene rings is 1. The van der Waals surface area contributed by atoms with Crippen LogP contribution in [0.3, 0.4) is 0 Å². The lowest BCUT2D eigenvalue weighted by atomic mass is 9.91. The largest absolute Gasteiger partial charge is 0.382 e. The van der Waals surface area contributed by atoms with Gasteiger partial charge in [-0.15, -0.1) is 0 Å². The summed E-state index contributed by atoms with van der Waals surface area (Å²) in [5.74, 6) is 0.838. The first kappa shape index (κ1) is 15.0. The molecule has 2 fully saturated rings. The van der Waals surface area contributed by atoms with Gasteiger partial charge in [-0.25, -0.2) is 0 Å². The van der Waals surface area contributed by atoms with Crippen molar-refractivity contribution >= 4 is 0 Å². The zero-order valence-corrected chi connectivity index (χ0v) is 12.9. The van der Waals surface area contributed by atoms with Crippen LogP contribution < -0.4 is 5.73 Å². The van der Waals surface area contributed by atoms with Crippen molar-refractivity contribution in [3.8, 4) is 0 Å². The summed E-state index contributed by atoms with van der Waals surface area (Å²) in [5, 5.41) is 11.0. The molecule has 0 aromatic heterocycles.